The third kappa shape index (κ3) is 5.28. The Balaban J connectivity index is 1.18. The molecule has 2 aromatic carbocycles. The molecule has 2 aromatic heterocycles. The largest absolute Gasteiger partial charge is 0.355 e. The number of imidazole rings is 1. The van der Waals surface area contributed by atoms with Crippen LogP contribution in [0.2, 0.25) is 0 Å². The normalized spacial score (nSPS) is 15.1. The molecule has 2 aliphatic rings. The van der Waals surface area contributed by atoms with Crippen LogP contribution >= 0.6 is 0 Å². The molecule has 0 spiro atoms. The molecular formula is C32H38N6O. The molecule has 0 atom stereocenters. The summed E-state index contributed by atoms with van der Waals surface area (Å²) < 4.78 is 2.27. The highest BCUT2D eigenvalue weighted by Crippen LogP contribution is 2.32. The van der Waals surface area contributed by atoms with Crippen molar-refractivity contribution in [3.63, 3.8) is 0 Å². The number of aryl methyl sites for hydroxylation is 5. The molecule has 1 amide bonds. The van der Waals surface area contributed by atoms with Gasteiger partial charge in [0, 0.05) is 42.1 Å². The summed E-state index contributed by atoms with van der Waals surface area (Å²) in [6.45, 7) is 11.0. The Morgan fingerprint density at radius 2 is 1.72 bits per heavy atom. The number of benzene rings is 2. The summed E-state index contributed by atoms with van der Waals surface area (Å²) in [5, 5.41) is 6.74. The van der Waals surface area contributed by atoms with Crippen LogP contribution in [0.25, 0.3) is 11.2 Å². The van der Waals surface area contributed by atoms with Crippen molar-refractivity contribution < 1.29 is 4.79 Å². The molecule has 6 rings (SSSR count). The summed E-state index contributed by atoms with van der Waals surface area (Å²) in [5.41, 5.74) is 10.8. The van der Waals surface area contributed by atoms with Crippen LogP contribution in [0.3, 0.4) is 0 Å². The molecule has 0 radical (unpaired) electrons. The molecule has 1 fully saturated rings. The van der Waals surface area contributed by atoms with Crippen molar-refractivity contribution in [3.05, 3.63) is 81.8 Å². The van der Waals surface area contributed by atoms with Gasteiger partial charge in [0.15, 0.2) is 5.65 Å². The standard InChI is InChI=1S/C32H38N6O/c1-4-29-36-30-21(2)17-22(3)34-31(30)38(29)20-23-7-11-27-24(18-23)8-9-25-19-26(10-12-28(25)35-27)32(39)33-13-16-37-14-5-6-15-37/h7,10-12,17-19,35H,4-6,8-9,13-16,20H2,1-3H3,(H,33,39). The Morgan fingerprint density at radius 1 is 0.974 bits per heavy atom. The number of hydrogen-bond donors (Lipinski definition) is 2. The van der Waals surface area contributed by atoms with E-state index in [1.54, 1.807) is 0 Å². The summed E-state index contributed by atoms with van der Waals surface area (Å²) in [6, 6.07) is 14.9. The number of carbonyl (C=O) groups excluding carboxylic acids is 1. The number of anilines is 2. The molecule has 0 aliphatic carbocycles. The van der Waals surface area contributed by atoms with E-state index in [4.69, 9.17) is 9.97 Å². The highest BCUT2D eigenvalue weighted by atomic mass is 16.1. The zero-order chi connectivity index (χ0) is 26.9. The lowest BCUT2D eigenvalue weighted by Crippen LogP contribution is -2.33. The molecule has 0 bridgehead atoms. The summed E-state index contributed by atoms with van der Waals surface area (Å²) in [4.78, 5) is 25.0. The predicted molar refractivity (Wildman–Crippen MR) is 157 cm³/mol. The second-order valence-corrected chi connectivity index (χ2v) is 11.0. The van der Waals surface area contributed by atoms with Crippen LogP contribution in [0.5, 0.6) is 0 Å². The summed E-state index contributed by atoms with van der Waals surface area (Å²) in [6.07, 6.45) is 5.22. The lowest BCUT2D eigenvalue weighted by molar-refractivity contribution is 0.0949. The van der Waals surface area contributed by atoms with Gasteiger partial charge >= 0.3 is 0 Å². The van der Waals surface area contributed by atoms with E-state index in [0.717, 1.165) is 85.1 Å². The number of nitrogens with one attached hydrogen (secondary N) is 2. The Hall–Kier alpha value is -3.71. The Labute approximate surface area is 230 Å². The highest BCUT2D eigenvalue weighted by Gasteiger charge is 2.18. The maximum atomic E-state index is 12.8. The maximum Gasteiger partial charge on any atom is 0.251 e. The number of aromatic nitrogens is 3. The van der Waals surface area contributed by atoms with Gasteiger partial charge in [-0.2, -0.15) is 0 Å². The number of carbonyl (C=O) groups is 1. The second-order valence-electron chi connectivity index (χ2n) is 11.0. The number of nitrogens with zero attached hydrogens (tertiary/aromatic N) is 4. The molecule has 2 aliphatic heterocycles. The number of hydrogen-bond acceptors (Lipinski definition) is 5. The fourth-order valence-electron chi connectivity index (χ4n) is 6.06. The van der Waals surface area contributed by atoms with Crippen LogP contribution in [0.4, 0.5) is 11.4 Å². The molecule has 4 aromatic rings. The van der Waals surface area contributed by atoms with Crippen LogP contribution in [0.15, 0.2) is 42.5 Å². The minimum Gasteiger partial charge on any atom is -0.355 e. The summed E-state index contributed by atoms with van der Waals surface area (Å²) in [5.74, 6) is 1.08. The van der Waals surface area contributed by atoms with Crippen LogP contribution in [0, 0.1) is 13.8 Å². The van der Waals surface area contributed by atoms with E-state index in [2.05, 4.69) is 70.3 Å². The Bertz CT molecular complexity index is 1530. The molecule has 0 saturated carbocycles. The lowest BCUT2D eigenvalue weighted by atomic mass is 10.0. The van der Waals surface area contributed by atoms with E-state index in [1.807, 2.05) is 13.0 Å². The van der Waals surface area contributed by atoms with Crippen LogP contribution in [0.1, 0.15) is 63.9 Å². The second kappa shape index (κ2) is 10.8. The minimum absolute atomic E-state index is 0.0133. The van der Waals surface area contributed by atoms with Gasteiger partial charge < -0.3 is 20.1 Å². The minimum atomic E-state index is 0.0133. The van der Waals surface area contributed by atoms with E-state index in [0.29, 0.717) is 6.54 Å². The fourth-order valence-corrected chi connectivity index (χ4v) is 6.06. The highest BCUT2D eigenvalue weighted by molar-refractivity contribution is 5.95. The number of amides is 1. The van der Waals surface area contributed by atoms with Crippen molar-refractivity contribution in [1.82, 2.24) is 24.8 Å². The summed E-state index contributed by atoms with van der Waals surface area (Å²) >= 11 is 0. The van der Waals surface area contributed by atoms with Gasteiger partial charge in [0.25, 0.3) is 5.91 Å². The van der Waals surface area contributed by atoms with Gasteiger partial charge in [-0.05, 0) is 105 Å². The zero-order valence-electron chi connectivity index (χ0n) is 23.3. The van der Waals surface area contributed by atoms with Crippen molar-refractivity contribution in [3.8, 4) is 0 Å². The molecule has 0 unspecified atom stereocenters. The van der Waals surface area contributed by atoms with Crippen LogP contribution in [-0.2, 0) is 25.8 Å². The fraction of sp³-hybridized carbons (Fsp3) is 0.406. The Morgan fingerprint density at radius 3 is 2.49 bits per heavy atom. The first kappa shape index (κ1) is 25.6. The smallest absolute Gasteiger partial charge is 0.251 e. The number of fused-ring (bicyclic) bond motifs is 3. The van der Waals surface area contributed by atoms with Gasteiger partial charge in [-0.3, -0.25) is 4.79 Å². The van der Waals surface area contributed by atoms with Gasteiger partial charge in [0.1, 0.15) is 11.3 Å². The molecule has 2 N–H and O–H groups in total. The topological polar surface area (TPSA) is 75.1 Å². The van der Waals surface area contributed by atoms with E-state index in [1.165, 1.54) is 35.1 Å². The average Bonchev–Trinajstić information content (AvgIpc) is 3.52. The average molecular weight is 523 g/mol. The third-order valence-electron chi connectivity index (χ3n) is 8.14. The van der Waals surface area contributed by atoms with Crippen LogP contribution < -0.4 is 10.6 Å². The first-order valence-corrected chi connectivity index (χ1v) is 14.3. The molecule has 1 saturated heterocycles. The van der Waals surface area contributed by atoms with E-state index in [-0.39, 0.29) is 5.91 Å². The molecule has 202 valence electrons. The first-order chi connectivity index (χ1) is 19.0. The number of pyridine rings is 1. The zero-order valence-corrected chi connectivity index (χ0v) is 23.3. The molecule has 4 heterocycles. The predicted octanol–water partition coefficient (Wildman–Crippen LogP) is 5.33. The van der Waals surface area contributed by atoms with Gasteiger partial charge in [0.2, 0.25) is 0 Å². The van der Waals surface area contributed by atoms with Crippen molar-refractivity contribution >= 4 is 28.4 Å². The van der Waals surface area contributed by atoms with Crippen molar-refractivity contribution in [2.75, 3.05) is 31.5 Å². The maximum absolute atomic E-state index is 12.8. The van der Waals surface area contributed by atoms with Crippen molar-refractivity contribution in [1.29, 1.82) is 0 Å². The quantitative estimate of drug-likeness (QED) is 0.343. The van der Waals surface area contributed by atoms with Crippen LogP contribution in [-0.4, -0.2) is 51.5 Å². The Kier molecular flexibility index (Phi) is 7.09. The first-order valence-electron chi connectivity index (χ1n) is 14.3. The molecular weight excluding hydrogens is 484 g/mol. The van der Waals surface area contributed by atoms with Crippen molar-refractivity contribution in [2.24, 2.45) is 0 Å². The van der Waals surface area contributed by atoms with Crippen molar-refractivity contribution in [2.45, 2.75) is 59.4 Å². The molecule has 7 nitrogen and oxygen atoms in total. The van der Waals surface area contributed by atoms with Gasteiger partial charge in [0.05, 0.1) is 6.54 Å². The third-order valence-corrected chi connectivity index (χ3v) is 8.14. The molecule has 7 heteroatoms. The van der Waals surface area contributed by atoms with E-state index < -0.39 is 0 Å². The number of likely N-dealkylation sites (tertiary alicyclic amines) is 1. The van der Waals surface area contributed by atoms with E-state index in [9.17, 15) is 4.79 Å². The van der Waals surface area contributed by atoms with Gasteiger partial charge in [-0.1, -0.05) is 19.1 Å². The monoisotopic (exact) mass is 522 g/mol. The van der Waals surface area contributed by atoms with Gasteiger partial charge in [-0.25, -0.2) is 9.97 Å². The number of rotatable bonds is 7. The SMILES string of the molecule is CCc1nc2c(C)cc(C)nc2n1Cc1ccc2c(c1)CCc1cc(C(=O)NCCN3CCCC3)ccc1N2. The van der Waals surface area contributed by atoms with Gasteiger partial charge in [-0.15, -0.1) is 0 Å². The summed E-state index contributed by atoms with van der Waals surface area (Å²) in [7, 11) is 0. The lowest BCUT2D eigenvalue weighted by Gasteiger charge is -2.15. The molecule has 39 heavy (non-hydrogen) atoms. The van der Waals surface area contributed by atoms with E-state index >= 15 is 0 Å².